The first-order valence-corrected chi connectivity index (χ1v) is 13.8. The van der Waals surface area contributed by atoms with E-state index in [4.69, 9.17) is 18.9 Å². The molecule has 0 bridgehead atoms. The van der Waals surface area contributed by atoms with Crippen LogP contribution in [0.25, 0.3) is 0 Å². The lowest BCUT2D eigenvalue weighted by Gasteiger charge is -2.26. The number of hydrogen-bond donors (Lipinski definition) is 1. The molecule has 5 rings (SSSR count). The van der Waals surface area contributed by atoms with Crippen LogP contribution in [0.15, 0.2) is 121 Å². The molecule has 1 aliphatic heterocycles. The van der Waals surface area contributed by atoms with Crippen LogP contribution in [0, 0.1) is 0 Å². The summed E-state index contributed by atoms with van der Waals surface area (Å²) in [5.41, 5.74) is 4.26. The van der Waals surface area contributed by atoms with E-state index >= 15 is 0 Å². The molecule has 1 fully saturated rings. The maximum atomic E-state index is 11.5. The molecule has 0 radical (unpaired) electrons. The Morgan fingerprint density at radius 2 is 0.750 bits per heavy atom. The number of ether oxygens (including phenoxy) is 4. The molecule has 1 heterocycles. The first-order chi connectivity index (χ1) is 19.8. The number of nitrogens with zero attached hydrogens (tertiary/aromatic N) is 1. The molecule has 0 aromatic heterocycles. The largest absolute Gasteiger partial charge is 0.375 e. The maximum absolute atomic E-state index is 11.5. The minimum atomic E-state index is -0.435. The third-order valence-corrected chi connectivity index (χ3v) is 7.13. The van der Waals surface area contributed by atoms with E-state index in [0.29, 0.717) is 26.4 Å². The molecule has 0 aliphatic carbocycles. The summed E-state index contributed by atoms with van der Waals surface area (Å²) in [4.78, 5) is 0. The molecule has 1 saturated heterocycles. The Balaban J connectivity index is 1.33. The Kier molecular flexibility index (Phi) is 10.5. The van der Waals surface area contributed by atoms with Gasteiger partial charge in [0.15, 0.2) is 0 Å². The van der Waals surface area contributed by atoms with Gasteiger partial charge >= 0.3 is 0 Å². The predicted molar refractivity (Wildman–Crippen MR) is 153 cm³/mol. The van der Waals surface area contributed by atoms with E-state index in [1.165, 1.54) is 5.06 Å². The van der Waals surface area contributed by atoms with Gasteiger partial charge in [0.1, 0.15) is 12.2 Å². The summed E-state index contributed by atoms with van der Waals surface area (Å²) in [5.74, 6) is 0. The van der Waals surface area contributed by atoms with Crippen LogP contribution in [0.5, 0.6) is 0 Å². The van der Waals surface area contributed by atoms with E-state index in [1.54, 1.807) is 0 Å². The second kappa shape index (κ2) is 14.9. The molecule has 0 unspecified atom stereocenters. The van der Waals surface area contributed by atoms with Crippen molar-refractivity contribution in [3.8, 4) is 0 Å². The molecule has 4 atom stereocenters. The van der Waals surface area contributed by atoms with E-state index in [9.17, 15) is 5.21 Å². The zero-order valence-electron chi connectivity index (χ0n) is 22.6. The van der Waals surface area contributed by atoms with E-state index in [0.717, 1.165) is 22.3 Å². The highest BCUT2D eigenvalue weighted by Gasteiger charge is 2.50. The minimum Gasteiger partial charge on any atom is -0.375 e. The van der Waals surface area contributed by atoms with Crippen LogP contribution in [0.1, 0.15) is 22.3 Å². The van der Waals surface area contributed by atoms with Crippen molar-refractivity contribution in [1.29, 1.82) is 0 Å². The van der Waals surface area contributed by atoms with E-state index in [-0.39, 0.29) is 13.2 Å². The molecule has 4 aromatic carbocycles. The van der Waals surface area contributed by atoms with Gasteiger partial charge in [0.2, 0.25) is 0 Å². The molecule has 4 aromatic rings. The predicted octanol–water partition coefficient (Wildman–Crippen LogP) is 6.03. The highest BCUT2D eigenvalue weighted by molar-refractivity contribution is 5.16. The number of hydrogen-bond acceptors (Lipinski definition) is 6. The van der Waals surface area contributed by atoms with Crippen LogP contribution in [-0.4, -0.2) is 47.8 Å². The van der Waals surface area contributed by atoms with Gasteiger partial charge in [-0.15, -0.1) is 0 Å². The van der Waals surface area contributed by atoms with Gasteiger partial charge in [0, 0.05) is 0 Å². The Bertz CT molecular complexity index is 1140. The summed E-state index contributed by atoms with van der Waals surface area (Å²) >= 11 is 0. The molecular formula is C34H37NO5. The Morgan fingerprint density at radius 1 is 0.450 bits per heavy atom. The van der Waals surface area contributed by atoms with Gasteiger partial charge in [0.25, 0.3) is 0 Å². The van der Waals surface area contributed by atoms with Crippen molar-refractivity contribution in [2.24, 2.45) is 0 Å². The normalized spacial score (nSPS) is 21.0. The van der Waals surface area contributed by atoms with Crippen molar-refractivity contribution < 1.29 is 24.2 Å². The number of hydroxylamine groups is 2. The highest BCUT2D eigenvalue weighted by atomic mass is 16.6. The third kappa shape index (κ3) is 7.86. The molecule has 208 valence electrons. The average Bonchev–Trinajstić information content (AvgIpc) is 3.26. The van der Waals surface area contributed by atoms with E-state index in [1.807, 2.05) is 121 Å². The Morgan fingerprint density at radius 3 is 1.07 bits per heavy atom. The molecule has 0 saturated carbocycles. The summed E-state index contributed by atoms with van der Waals surface area (Å²) in [6, 6.07) is 39.3. The molecule has 6 nitrogen and oxygen atoms in total. The lowest BCUT2D eigenvalue weighted by atomic mass is 10.1. The first-order valence-electron chi connectivity index (χ1n) is 13.8. The highest BCUT2D eigenvalue weighted by Crippen LogP contribution is 2.31. The third-order valence-electron chi connectivity index (χ3n) is 7.13. The monoisotopic (exact) mass is 539 g/mol. The molecule has 0 amide bonds. The lowest BCUT2D eigenvalue weighted by molar-refractivity contribution is -0.176. The lowest BCUT2D eigenvalue weighted by Crippen LogP contribution is -2.41. The van der Waals surface area contributed by atoms with Crippen LogP contribution in [0.3, 0.4) is 0 Å². The van der Waals surface area contributed by atoms with Gasteiger partial charge in [-0.3, -0.25) is 0 Å². The molecule has 1 aliphatic rings. The maximum Gasteiger partial charge on any atom is 0.106 e. The standard InChI is InChI=1S/C34H37NO5/c36-35-31(25-37-21-27-13-5-1-6-14-27)33(39-23-29-17-9-3-10-18-29)34(40-24-30-19-11-4-12-20-30)32(35)26-38-22-28-15-7-2-8-16-28/h1-20,31-34,36H,21-26H2/t31-,32+,33-,34-/m1/s1. The fourth-order valence-corrected chi connectivity index (χ4v) is 5.02. The van der Waals surface area contributed by atoms with Gasteiger partial charge in [-0.1, -0.05) is 121 Å². The number of rotatable bonds is 14. The van der Waals surface area contributed by atoms with Crippen molar-refractivity contribution >= 4 is 0 Å². The Hall–Kier alpha value is -3.36. The quantitative estimate of drug-likeness (QED) is 0.211. The Labute approximate surface area is 236 Å². The van der Waals surface area contributed by atoms with Gasteiger partial charge < -0.3 is 24.2 Å². The second-order valence-electron chi connectivity index (χ2n) is 10.0. The molecule has 0 spiro atoms. The first kappa shape index (κ1) is 28.2. The smallest absolute Gasteiger partial charge is 0.106 e. The summed E-state index contributed by atoms with van der Waals surface area (Å²) in [6.45, 7) is 2.26. The van der Waals surface area contributed by atoms with Crippen LogP contribution >= 0.6 is 0 Å². The number of benzene rings is 4. The zero-order valence-corrected chi connectivity index (χ0v) is 22.6. The van der Waals surface area contributed by atoms with Crippen molar-refractivity contribution in [1.82, 2.24) is 5.06 Å². The molecule has 6 heteroatoms. The van der Waals surface area contributed by atoms with Crippen molar-refractivity contribution in [2.75, 3.05) is 13.2 Å². The summed E-state index contributed by atoms with van der Waals surface area (Å²) < 4.78 is 25.2. The minimum absolute atomic E-state index is 0.283. The fraction of sp³-hybridized carbons (Fsp3) is 0.294. The van der Waals surface area contributed by atoms with Crippen LogP contribution in [-0.2, 0) is 45.4 Å². The van der Waals surface area contributed by atoms with Gasteiger partial charge in [0.05, 0.1) is 51.7 Å². The van der Waals surface area contributed by atoms with Crippen molar-refractivity contribution in [2.45, 2.75) is 50.7 Å². The fourth-order valence-electron chi connectivity index (χ4n) is 5.02. The van der Waals surface area contributed by atoms with Crippen LogP contribution in [0.4, 0.5) is 0 Å². The van der Waals surface area contributed by atoms with Crippen molar-refractivity contribution in [3.63, 3.8) is 0 Å². The van der Waals surface area contributed by atoms with Gasteiger partial charge in [-0.25, -0.2) is 0 Å². The van der Waals surface area contributed by atoms with E-state index in [2.05, 4.69) is 0 Å². The van der Waals surface area contributed by atoms with Crippen LogP contribution < -0.4 is 0 Å². The molecule has 1 N–H and O–H groups in total. The molecular weight excluding hydrogens is 502 g/mol. The van der Waals surface area contributed by atoms with E-state index < -0.39 is 24.3 Å². The topological polar surface area (TPSA) is 60.4 Å². The van der Waals surface area contributed by atoms with Crippen LogP contribution in [0.2, 0.25) is 0 Å². The van der Waals surface area contributed by atoms with Crippen molar-refractivity contribution in [3.05, 3.63) is 144 Å². The zero-order chi connectivity index (χ0) is 27.4. The van der Waals surface area contributed by atoms with Gasteiger partial charge in [-0.2, -0.15) is 5.06 Å². The summed E-state index contributed by atoms with van der Waals surface area (Å²) in [7, 11) is 0. The van der Waals surface area contributed by atoms with Gasteiger partial charge in [-0.05, 0) is 22.3 Å². The second-order valence-corrected chi connectivity index (χ2v) is 10.0. The summed E-state index contributed by atoms with van der Waals surface area (Å²) in [5, 5.41) is 12.8. The SMILES string of the molecule is ON1[C@H](COCc2ccccc2)[C@@H](OCc2ccccc2)[C@H](OCc2ccccc2)[C@@H]1COCc1ccccc1. The molecule has 40 heavy (non-hydrogen) atoms. The summed E-state index contributed by atoms with van der Waals surface area (Å²) in [6.07, 6.45) is -0.870. The average molecular weight is 540 g/mol.